The zero-order valence-electron chi connectivity index (χ0n) is 12.7. The number of hydrogen-bond acceptors (Lipinski definition) is 5. The maximum atomic E-state index is 12.9. The zero-order valence-corrected chi connectivity index (χ0v) is 12.7. The smallest absolute Gasteiger partial charge is 0.420 e. The first-order valence-electron chi connectivity index (χ1n) is 7.11. The summed E-state index contributed by atoms with van der Waals surface area (Å²) in [6.45, 7) is 1.04. The van der Waals surface area contributed by atoms with E-state index in [0.29, 0.717) is 30.9 Å². The molecule has 1 aliphatic rings. The lowest BCUT2D eigenvalue weighted by Crippen LogP contribution is -2.39. The largest absolute Gasteiger partial charge is 0.478 e. The zero-order chi connectivity index (χ0) is 17.5. The summed E-state index contributed by atoms with van der Waals surface area (Å²) >= 11 is 0. The van der Waals surface area contributed by atoms with Crippen LogP contribution in [0.15, 0.2) is 29.0 Å². The standard InChI is InChI=1S/C15H14F3N3O3/c1-20-5-6-21(10-3-2-4-19-13(10)20)7-11-12(14(22)23)9(8-24-11)15(16,17)18/h2-4,8H,5-7H2,1H3,(H,22,23). The molecular weight excluding hydrogens is 327 g/mol. The first kappa shape index (κ1) is 16.2. The second kappa shape index (κ2) is 5.73. The van der Waals surface area contributed by atoms with E-state index in [2.05, 4.69) is 4.98 Å². The maximum absolute atomic E-state index is 12.9. The van der Waals surface area contributed by atoms with E-state index in [1.165, 1.54) is 0 Å². The fourth-order valence-corrected chi connectivity index (χ4v) is 2.72. The number of carbonyl (C=O) groups is 1. The number of nitrogens with zero attached hydrogens (tertiary/aromatic N) is 3. The highest BCUT2D eigenvalue weighted by Crippen LogP contribution is 2.36. The Kier molecular flexibility index (Phi) is 3.86. The normalized spacial score (nSPS) is 14.7. The Bertz CT molecular complexity index is 773. The molecule has 0 atom stereocenters. The molecule has 24 heavy (non-hydrogen) atoms. The van der Waals surface area contributed by atoms with Crippen LogP contribution in [0.4, 0.5) is 24.7 Å². The second-order valence-corrected chi connectivity index (χ2v) is 5.44. The molecular formula is C15H14F3N3O3. The monoisotopic (exact) mass is 341 g/mol. The fraction of sp³-hybridized carbons (Fsp3) is 0.333. The van der Waals surface area contributed by atoms with E-state index in [4.69, 9.17) is 9.52 Å². The fourth-order valence-electron chi connectivity index (χ4n) is 2.72. The van der Waals surface area contributed by atoms with E-state index in [0.717, 1.165) is 0 Å². The number of likely N-dealkylation sites (N-methyl/N-ethyl adjacent to an activating group) is 1. The van der Waals surface area contributed by atoms with Crippen molar-refractivity contribution >= 4 is 17.5 Å². The van der Waals surface area contributed by atoms with Gasteiger partial charge in [0.1, 0.15) is 23.2 Å². The van der Waals surface area contributed by atoms with Crippen molar-refractivity contribution in [2.24, 2.45) is 0 Å². The number of aromatic nitrogens is 1. The Morgan fingerprint density at radius 1 is 1.42 bits per heavy atom. The molecule has 2 aromatic heterocycles. The first-order valence-corrected chi connectivity index (χ1v) is 7.11. The molecule has 1 aliphatic heterocycles. The highest BCUT2D eigenvalue weighted by molar-refractivity contribution is 5.91. The van der Waals surface area contributed by atoms with Crippen LogP contribution in [0.1, 0.15) is 21.7 Å². The summed E-state index contributed by atoms with van der Waals surface area (Å²) in [6, 6.07) is 3.50. The number of fused-ring (bicyclic) bond motifs is 1. The van der Waals surface area contributed by atoms with E-state index in [-0.39, 0.29) is 12.3 Å². The van der Waals surface area contributed by atoms with Gasteiger partial charge in [0.15, 0.2) is 5.82 Å². The van der Waals surface area contributed by atoms with Crippen LogP contribution < -0.4 is 9.80 Å². The quantitative estimate of drug-likeness (QED) is 0.926. The molecule has 0 bridgehead atoms. The van der Waals surface area contributed by atoms with Crippen molar-refractivity contribution in [1.29, 1.82) is 0 Å². The van der Waals surface area contributed by atoms with Crippen molar-refractivity contribution in [3.63, 3.8) is 0 Å². The van der Waals surface area contributed by atoms with Crippen LogP contribution in [-0.4, -0.2) is 36.2 Å². The van der Waals surface area contributed by atoms with Crippen molar-refractivity contribution in [3.8, 4) is 0 Å². The Hall–Kier alpha value is -2.71. The summed E-state index contributed by atoms with van der Waals surface area (Å²) in [5.74, 6) is -1.20. The average Bonchev–Trinajstić information content (AvgIpc) is 2.94. The molecule has 0 fully saturated rings. The molecule has 0 aromatic carbocycles. The summed E-state index contributed by atoms with van der Waals surface area (Å²) in [4.78, 5) is 19.2. The Labute approximate surface area is 135 Å². The van der Waals surface area contributed by atoms with E-state index >= 15 is 0 Å². The number of rotatable bonds is 3. The third-order valence-electron chi connectivity index (χ3n) is 3.89. The SMILES string of the molecule is CN1CCN(Cc2occ(C(F)(F)F)c2C(=O)O)c2cccnc21. The van der Waals surface area contributed by atoms with Gasteiger partial charge in [0.05, 0.1) is 12.2 Å². The predicted molar refractivity (Wildman–Crippen MR) is 79.2 cm³/mol. The van der Waals surface area contributed by atoms with Crippen molar-refractivity contribution in [3.05, 3.63) is 41.5 Å². The Morgan fingerprint density at radius 2 is 2.17 bits per heavy atom. The second-order valence-electron chi connectivity index (χ2n) is 5.44. The minimum absolute atomic E-state index is 0.0791. The average molecular weight is 341 g/mol. The molecule has 2 aromatic rings. The van der Waals surface area contributed by atoms with Crippen molar-refractivity contribution < 1.29 is 27.5 Å². The minimum Gasteiger partial charge on any atom is -0.478 e. The highest BCUT2D eigenvalue weighted by atomic mass is 19.4. The maximum Gasteiger partial charge on any atom is 0.420 e. The summed E-state index contributed by atoms with van der Waals surface area (Å²) in [7, 11) is 1.86. The van der Waals surface area contributed by atoms with E-state index < -0.39 is 23.3 Å². The van der Waals surface area contributed by atoms with Gasteiger partial charge >= 0.3 is 12.1 Å². The van der Waals surface area contributed by atoms with Crippen LogP contribution in [-0.2, 0) is 12.7 Å². The lowest BCUT2D eigenvalue weighted by atomic mass is 10.1. The molecule has 0 aliphatic carbocycles. The van der Waals surface area contributed by atoms with Gasteiger partial charge in [-0.2, -0.15) is 13.2 Å². The Morgan fingerprint density at radius 3 is 2.83 bits per heavy atom. The molecule has 0 radical (unpaired) electrons. The molecule has 0 amide bonds. The molecule has 0 spiro atoms. The van der Waals surface area contributed by atoms with Gasteiger partial charge in [-0.3, -0.25) is 0 Å². The topological polar surface area (TPSA) is 69.8 Å². The van der Waals surface area contributed by atoms with Crippen LogP contribution in [0.3, 0.4) is 0 Å². The summed E-state index contributed by atoms with van der Waals surface area (Å²) in [6.07, 6.45) is -2.70. The molecule has 3 rings (SSSR count). The third-order valence-corrected chi connectivity index (χ3v) is 3.89. The molecule has 1 N–H and O–H groups in total. The van der Waals surface area contributed by atoms with Crippen molar-refractivity contribution in [2.75, 3.05) is 29.9 Å². The number of carboxylic acids is 1. The molecule has 6 nitrogen and oxygen atoms in total. The lowest BCUT2D eigenvalue weighted by Gasteiger charge is -2.35. The van der Waals surface area contributed by atoms with Crippen molar-refractivity contribution in [2.45, 2.75) is 12.7 Å². The predicted octanol–water partition coefficient (Wildman–Crippen LogP) is 2.85. The molecule has 3 heterocycles. The van der Waals surface area contributed by atoms with Crippen LogP contribution in [0.5, 0.6) is 0 Å². The number of alkyl halides is 3. The van der Waals surface area contributed by atoms with Crippen LogP contribution in [0.2, 0.25) is 0 Å². The highest BCUT2D eigenvalue weighted by Gasteiger charge is 2.40. The summed E-state index contributed by atoms with van der Waals surface area (Å²) in [5, 5.41) is 9.17. The van der Waals surface area contributed by atoms with Crippen LogP contribution >= 0.6 is 0 Å². The van der Waals surface area contributed by atoms with Gasteiger partial charge in [-0.15, -0.1) is 0 Å². The number of hydrogen-bond donors (Lipinski definition) is 1. The summed E-state index contributed by atoms with van der Waals surface area (Å²) < 4.78 is 43.8. The van der Waals surface area contributed by atoms with Gasteiger partial charge in [0, 0.05) is 26.3 Å². The number of anilines is 2. The van der Waals surface area contributed by atoms with Crippen LogP contribution in [0, 0.1) is 0 Å². The van der Waals surface area contributed by atoms with E-state index in [1.807, 2.05) is 11.9 Å². The van der Waals surface area contributed by atoms with Gasteiger partial charge in [-0.05, 0) is 12.1 Å². The molecule has 128 valence electrons. The van der Waals surface area contributed by atoms with Crippen LogP contribution in [0.25, 0.3) is 0 Å². The van der Waals surface area contributed by atoms with Gasteiger partial charge in [-0.25, -0.2) is 9.78 Å². The molecule has 0 saturated heterocycles. The molecule has 9 heteroatoms. The number of pyridine rings is 1. The number of halogens is 3. The van der Waals surface area contributed by atoms with Gasteiger partial charge < -0.3 is 19.3 Å². The van der Waals surface area contributed by atoms with Gasteiger partial charge in [0.2, 0.25) is 0 Å². The van der Waals surface area contributed by atoms with E-state index in [1.54, 1.807) is 23.2 Å². The van der Waals surface area contributed by atoms with Gasteiger partial charge in [0.25, 0.3) is 0 Å². The molecule has 0 saturated carbocycles. The first-order chi connectivity index (χ1) is 11.3. The minimum atomic E-state index is -4.78. The summed E-state index contributed by atoms with van der Waals surface area (Å²) in [5.41, 5.74) is -1.40. The Balaban J connectivity index is 1.97. The molecule has 0 unspecified atom stereocenters. The third kappa shape index (κ3) is 2.77. The lowest BCUT2D eigenvalue weighted by molar-refractivity contribution is -0.138. The van der Waals surface area contributed by atoms with Crippen molar-refractivity contribution in [1.82, 2.24) is 4.98 Å². The number of carboxylic acid groups (broad SMARTS) is 1. The van der Waals surface area contributed by atoms with E-state index in [9.17, 15) is 18.0 Å². The number of aromatic carboxylic acids is 1. The number of furan rings is 1. The van der Waals surface area contributed by atoms with Gasteiger partial charge in [-0.1, -0.05) is 0 Å².